The van der Waals surface area contributed by atoms with E-state index in [-0.39, 0.29) is 31.9 Å². The summed E-state index contributed by atoms with van der Waals surface area (Å²) in [5.41, 5.74) is 1.15. The van der Waals surface area contributed by atoms with E-state index in [1.54, 1.807) is 73.7 Å². The van der Waals surface area contributed by atoms with Crippen molar-refractivity contribution in [2.24, 2.45) is 4.99 Å². The summed E-state index contributed by atoms with van der Waals surface area (Å²) in [4.78, 5) is 49.3. The third-order valence-electron chi connectivity index (χ3n) is 6.44. The molecule has 44 heavy (non-hydrogen) atoms. The predicted molar refractivity (Wildman–Crippen MR) is 170 cm³/mol. The van der Waals surface area contributed by atoms with Crippen molar-refractivity contribution in [1.82, 2.24) is 19.6 Å². The fraction of sp³-hybridized carbons (Fsp3) is 0.500. The van der Waals surface area contributed by atoms with Crippen LogP contribution in [0.3, 0.4) is 0 Å². The van der Waals surface area contributed by atoms with Crippen LogP contribution in [0.5, 0.6) is 5.75 Å². The van der Waals surface area contributed by atoms with Crippen molar-refractivity contribution in [1.29, 1.82) is 0 Å². The summed E-state index contributed by atoms with van der Waals surface area (Å²) in [5, 5.41) is 0.550. The number of halogens is 1. The summed E-state index contributed by atoms with van der Waals surface area (Å²) in [6, 6.07) is 13.3. The first-order chi connectivity index (χ1) is 20.5. The van der Waals surface area contributed by atoms with E-state index in [1.165, 1.54) is 14.7 Å². The summed E-state index contributed by atoms with van der Waals surface area (Å²) in [6.07, 6.45) is -0.0986. The zero-order valence-corrected chi connectivity index (χ0v) is 27.9. The van der Waals surface area contributed by atoms with Crippen LogP contribution in [0.15, 0.2) is 47.5 Å². The van der Waals surface area contributed by atoms with Crippen molar-refractivity contribution in [3.8, 4) is 5.75 Å². The topological polar surface area (TPSA) is 104 Å². The summed E-state index contributed by atoms with van der Waals surface area (Å²) < 4.78 is 16.5. The number of nitrogens with zero attached hydrogens (tertiary/aromatic N) is 5. The SMILES string of the molecule is COc1ccc(CCc2ccc(CN(C(=O)OC(C)(C)C)C(=NC(=O)OC(C)(C)C)N3CN(C)C(=O)N(C)C3)cc2Cl)cc1. The number of benzene rings is 2. The molecule has 4 amide bonds. The zero-order valence-electron chi connectivity index (χ0n) is 27.1. The van der Waals surface area contributed by atoms with E-state index in [2.05, 4.69) is 4.99 Å². The molecule has 11 nitrogen and oxygen atoms in total. The van der Waals surface area contributed by atoms with Gasteiger partial charge in [0, 0.05) is 19.1 Å². The molecule has 12 heteroatoms. The smallest absolute Gasteiger partial charge is 0.437 e. The maximum absolute atomic E-state index is 13.7. The molecule has 1 fully saturated rings. The van der Waals surface area contributed by atoms with Gasteiger partial charge in [-0.15, -0.1) is 4.99 Å². The number of carbonyl (C=O) groups excluding carboxylic acids is 3. The highest BCUT2D eigenvalue weighted by Crippen LogP contribution is 2.24. The molecule has 0 bridgehead atoms. The Morgan fingerprint density at radius 3 is 1.98 bits per heavy atom. The average Bonchev–Trinajstić information content (AvgIpc) is 2.91. The van der Waals surface area contributed by atoms with E-state index in [9.17, 15) is 14.4 Å². The van der Waals surface area contributed by atoms with E-state index >= 15 is 0 Å². The van der Waals surface area contributed by atoms with Crippen molar-refractivity contribution >= 4 is 35.8 Å². The van der Waals surface area contributed by atoms with E-state index in [0.717, 1.165) is 23.3 Å². The highest BCUT2D eigenvalue weighted by Gasteiger charge is 2.35. The van der Waals surface area contributed by atoms with Gasteiger partial charge in [-0.1, -0.05) is 35.9 Å². The first kappa shape index (κ1) is 34.5. The minimum Gasteiger partial charge on any atom is -0.497 e. The molecule has 240 valence electrons. The number of hydrogen-bond donors (Lipinski definition) is 0. The molecule has 0 N–H and O–H groups in total. The lowest BCUT2D eigenvalue weighted by atomic mass is 10.0. The Morgan fingerprint density at radius 1 is 0.886 bits per heavy atom. The summed E-state index contributed by atoms with van der Waals surface area (Å²) in [6.45, 7) is 10.6. The number of urea groups is 1. The number of hydrogen-bond acceptors (Lipinski definition) is 6. The summed E-state index contributed by atoms with van der Waals surface area (Å²) in [7, 11) is 4.88. The van der Waals surface area contributed by atoms with Crippen LogP contribution in [0.1, 0.15) is 58.2 Å². The Balaban J connectivity index is 1.96. The number of methoxy groups -OCH3 is 1. The Hall–Kier alpha value is -3.99. The monoisotopic (exact) mass is 629 g/mol. The predicted octanol–water partition coefficient (Wildman–Crippen LogP) is 6.38. The third-order valence-corrected chi connectivity index (χ3v) is 6.79. The molecule has 2 aromatic rings. The number of carbonyl (C=O) groups is 3. The van der Waals surface area contributed by atoms with Gasteiger partial charge in [-0.05, 0) is 89.3 Å². The van der Waals surface area contributed by atoms with Gasteiger partial charge in [0.05, 0.1) is 27.0 Å². The molecule has 0 spiro atoms. The third kappa shape index (κ3) is 10.0. The van der Waals surface area contributed by atoms with Crippen molar-refractivity contribution in [2.75, 3.05) is 34.5 Å². The molecule has 0 aliphatic carbocycles. The second kappa shape index (κ2) is 14.2. The van der Waals surface area contributed by atoms with Gasteiger partial charge in [-0.2, -0.15) is 0 Å². The summed E-state index contributed by atoms with van der Waals surface area (Å²) >= 11 is 6.73. The van der Waals surface area contributed by atoms with Crippen molar-refractivity contribution in [3.05, 3.63) is 64.2 Å². The second-order valence-electron chi connectivity index (χ2n) is 12.7. The van der Waals surface area contributed by atoms with Crippen LogP contribution in [0.4, 0.5) is 14.4 Å². The molecule has 0 radical (unpaired) electrons. The molecular formula is C32H44ClN5O6. The van der Waals surface area contributed by atoms with E-state index < -0.39 is 23.4 Å². The maximum atomic E-state index is 13.7. The first-order valence-electron chi connectivity index (χ1n) is 14.4. The van der Waals surface area contributed by atoms with E-state index in [1.807, 2.05) is 36.4 Å². The lowest BCUT2D eigenvalue weighted by Gasteiger charge is -2.42. The van der Waals surface area contributed by atoms with E-state index in [0.29, 0.717) is 17.0 Å². The molecule has 0 aromatic heterocycles. The molecule has 0 unspecified atom stereocenters. The lowest BCUT2D eigenvalue weighted by Crippen LogP contribution is -2.60. The minimum atomic E-state index is -0.879. The molecule has 0 saturated carbocycles. The minimum absolute atomic E-state index is 0.00704. The maximum Gasteiger partial charge on any atom is 0.437 e. The zero-order chi connectivity index (χ0) is 32.8. The Morgan fingerprint density at radius 2 is 1.45 bits per heavy atom. The fourth-order valence-electron chi connectivity index (χ4n) is 4.44. The normalized spacial score (nSPS) is 14.5. The van der Waals surface area contributed by atoms with Gasteiger partial charge in [0.15, 0.2) is 0 Å². The number of aryl methyl sites for hydroxylation is 2. The highest BCUT2D eigenvalue weighted by molar-refractivity contribution is 6.31. The fourth-order valence-corrected chi connectivity index (χ4v) is 4.74. The molecular weight excluding hydrogens is 586 g/mol. The van der Waals surface area contributed by atoms with Gasteiger partial charge in [0.2, 0.25) is 5.96 Å². The number of ether oxygens (including phenoxy) is 3. The summed E-state index contributed by atoms with van der Waals surface area (Å²) in [5.74, 6) is 0.786. The first-order valence-corrected chi connectivity index (χ1v) is 14.8. The van der Waals surface area contributed by atoms with Gasteiger partial charge < -0.3 is 28.9 Å². The standard InChI is InChI=1S/C32H44ClN5O6/c1-31(2,3)43-28(39)34-27(37-20-35(7)29(40)36(8)21-37)38(30(41)44-32(4,5)6)19-23-11-15-24(26(33)18-23)14-10-22-12-16-25(42-9)17-13-22/h11-13,15-18H,10,14,19-21H2,1-9H3. The van der Waals surface area contributed by atoms with Crippen LogP contribution in [0, 0.1) is 0 Å². The van der Waals surface area contributed by atoms with Crippen molar-refractivity contribution in [2.45, 2.75) is 72.1 Å². The quantitative estimate of drug-likeness (QED) is 0.270. The van der Waals surface area contributed by atoms with E-state index in [4.69, 9.17) is 25.8 Å². The largest absolute Gasteiger partial charge is 0.497 e. The van der Waals surface area contributed by atoms with Gasteiger partial charge >= 0.3 is 18.2 Å². The van der Waals surface area contributed by atoms with Gasteiger partial charge in [-0.25, -0.2) is 19.3 Å². The van der Waals surface area contributed by atoms with Crippen LogP contribution < -0.4 is 4.74 Å². The number of guanidine groups is 1. The lowest BCUT2D eigenvalue weighted by molar-refractivity contribution is 0.0300. The van der Waals surface area contributed by atoms with Gasteiger partial charge in [0.25, 0.3) is 0 Å². The molecule has 2 aromatic carbocycles. The second-order valence-corrected chi connectivity index (χ2v) is 13.1. The molecule has 0 atom stereocenters. The molecule has 1 heterocycles. The number of aliphatic imine (C=N–C) groups is 1. The van der Waals surface area contributed by atoms with Gasteiger partial charge in [0.1, 0.15) is 17.0 Å². The molecule has 1 saturated heterocycles. The van der Waals surface area contributed by atoms with Crippen molar-refractivity contribution in [3.63, 3.8) is 0 Å². The number of amides is 4. The molecule has 1 aliphatic heterocycles. The average molecular weight is 630 g/mol. The Kier molecular flexibility index (Phi) is 11.1. The number of rotatable bonds is 6. The molecule has 3 rings (SSSR count). The van der Waals surface area contributed by atoms with Crippen LogP contribution in [0.25, 0.3) is 0 Å². The Bertz CT molecular complexity index is 1350. The van der Waals surface area contributed by atoms with Gasteiger partial charge in [-0.3, -0.25) is 0 Å². The molecule has 1 aliphatic rings. The van der Waals surface area contributed by atoms with Crippen molar-refractivity contribution < 1.29 is 28.6 Å². The van der Waals surface area contributed by atoms with Crippen LogP contribution in [-0.2, 0) is 28.9 Å². The highest BCUT2D eigenvalue weighted by atomic mass is 35.5. The van der Waals surface area contributed by atoms with Crippen LogP contribution in [-0.4, -0.2) is 89.5 Å². The Labute approximate surface area is 265 Å². The van der Waals surface area contributed by atoms with Crippen LogP contribution >= 0.6 is 11.6 Å². The van der Waals surface area contributed by atoms with Crippen LogP contribution in [0.2, 0.25) is 5.02 Å².